The number of unbranched alkanes of at least 4 members (excludes halogenated alkanes) is 6. The molecule has 256 valence electrons. The molecule has 0 radical (unpaired) electrons. The zero-order chi connectivity index (χ0) is 33.4. The lowest BCUT2D eigenvalue weighted by Crippen LogP contribution is -2.03. The second kappa shape index (κ2) is 18.8. The van der Waals surface area contributed by atoms with E-state index in [0.717, 1.165) is 84.8 Å². The van der Waals surface area contributed by atoms with E-state index in [2.05, 4.69) is 9.98 Å². The number of rotatable bonds is 22. The van der Waals surface area contributed by atoms with Crippen LogP contribution in [0.1, 0.15) is 56.1 Å². The second-order valence-corrected chi connectivity index (χ2v) is 12.3. The highest BCUT2D eigenvalue weighted by atomic mass is 16.6. The molecule has 0 saturated carbocycles. The van der Waals surface area contributed by atoms with Crippen LogP contribution in [-0.4, -0.2) is 64.3 Å². The lowest BCUT2D eigenvalue weighted by Gasteiger charge is -2.07. The van der Waals surface area contributed by atoms with E-state index >= 15 is 0 Å². The smallest absolute Gasteiger partial charge is 0.119 e. The number of epoxide rings is 2. The van der Waals surface area contributed by atoms with Crippen LogP contribution in [0, 0.1) is 0 Å². The summed E-state index contributed by atoms with van der Waals surface area (Å²) in [4.78, 5) is 9.12. The molecule has 8 nitrogen and oxygen atoms in total. The average Bonchev–Trinajstić information content (AvgIpc) is 4.09. The van der Waals surface area contributed by atoms with Crippen molar-refractivity contribution in [2.45, 2.75) is 57.2 Å². The Morgan fingerprint density at radius 1 is 0.449 bits per heavy atom. The number of aliphatic imine (C=N–C) groups is 2. The first-order valence-corrected chi connectivity index (χ1v) is 17.5. The topological polar surface area (TPSA) is 86.7 Å². The molecule has 2 atom stereocenters. The van der Waals surface area contributed by atoms with Gasteiger partial charge in [-0.05, 0) is 121 Å². The SMILES string of the molecule is C(=Nc1ccc(OCC2CO2)cc1)c1ccc(OCCCCCCCCCOc2ccc(C=Nc3ccc(OCC4CO4)cc3)cc2)cc1. The molecule has 6 rings (SSSR count). The molecule has 4 aromatic carbocycles. The van der Waals surface area contributed by atoms with Gasteiger partial charge in [-0.15, -0.1) is 0 Å². The van der Waals surface area contributed by atoms with Crippen LogP contribution in [0.2, 0.25) is 0 Å². The maximum absolute atomic E-state index is 5.94. The molecule has 8 heteroatoms. The van der Waals surface area contributed by atoms with Crippen molar-refractivity contribution in [3.63, 3.8) is 0 Å². The first kappa shape index (κ1) is 34.2. The van der Waals surface area contributed by atoms with Gasteiger partial charge in [0.05, 0.1) is 37.8 Å². The van der Waals surface area contributed by atoms with Crippen LogP contribution in [0.3, 0.4) is 0 Å². The van der Waals surface area contributed by atoms with Crippen molar-refractivity contribution in [3.8, 4) is 23.0 Å². The Morgan fingerprint density at radius 3 is 1.14 bits per heavy atom. The minimum absolute atomic E-state index is 0.256. The predicted octanol–water partition coefficient (Wildman–Crippen LogP) is 8.93. The third-order valence-corrected chi connectivity index (χ3v) is 8.16. The van der Waals surface area contributed by atoms with Gasteiger partial charge in [-0.2, -0.15) is 0 Å². The summed E-state index contributed by atoms with van der Waals surface area (Å²) in [5.41, 5.74) is 3.84. The third kappa shape index (κ3) is 13.0. The molecule has 0 aliphatic carbocycles. The molecule has 0 aromatic heterocycles. The lowest BCUT2D eigenvalue weighted by molar-refractivity contribution is 0.263. The zero-order valence-electron chi connectivity index (χ0n) is 28.1. The van der Waals surface area contributed by atoms with Crippen LogP contribution in [0.15, 0.2) is 107 Å². The fourth-order valence-corrected chi connectivity index (χ4v) is 5.03. The summed E-state index contributed by atoms with van der Waals surface area (Å²) in [6, 6.07) is 31.7. The molecule has 2 aliphatic rings. The number of hydrogen-bond donors (Lipinski definition) is 0. The van der Waals surface area contributed by atoms with Crippen LogP contribution in [0.25, 0.3) is 0 Å². The third-order valence-electron chi connectivity index (χ3n) is 8.16. The van der Waals surface area contributed by atoms with Gasteiger partial charge in [-0.1, -0.05) is 32.1 Å². The zero-order valence-corrected chi connectivity index (χ0v) is 28.1. The molecule has 2 fully saturated rings. The highest BCUT2D eigenvalue weighted by Gasteiger charge is 2.23. The van der Waals surface area contributed by atoms with Gasteiger partial charge < -0.3 is 28.4 Å². The van der Waals surface area contributed by atoms with Crippen LogP contribution in [0.5, 0.6) is 23.0 Å². The Bertz CT molecular complexity index is 1460. The molecule has 4 aromatic rings. The van der Waals surface area contributed by atoms with E-state index < -0.39 is 0 Å². The molecular weight excluding hydrogens is 616 g/mol. The fourth-order valence-electron chi connectivity index (χ4n) is 5.03. The first-order valence-electron chi connectivity index (χ1n) is 17.5. The van der Waals surface area contributed by atoms with Crippen molar-refractivity contribution in [1.82, 2.24) is 0 Å². The molecule has 2 aliphatic heterocycles. The standard InChI is InChI=1S/C41H46N2O6/c1(2-4-6-24-44-36-16-8-32(9-17-36)26-42-34-12-20-38(21-13-34)46-28-40-30-48-40)3-5-7-25-45-37-18-10-33(11-19-37)27-43-35-14-22-39(23-15-35)47-29-41-31-49-41/h8-23,26-27,40-41H,1-7,24-25,28-31H2. The monoisotopic (exact) mass is 662 g/mol. The van der Waals surface area contributed by atoms with Crippen molar-refractivity contribution in [3.05, 3.63) is 108 Å². The number of ether oxygens (including phenoxy) is 6. The summed E-state index contributed by atoms with van der Waals surface area (Å²) in [5, 5.41) is 0. The Morgan fingerprint density at radius 2 is 0.776 bits per heavy atom. The molecule has 0 spiro atoms. The van der Waals surface area contributed by atoms with E-state index in [1.165, 1.54) is 32.1 Å². The van der Waals surface area contributed by atoms with Gasteiger partial charge >= 0.3 is 0 Å². The summed E-state index contributed by atoms with van der Waals surface area (Å²) in [7, 11) is 0. The van der Waals surface area contributed by atoms with Gasteiger partial charge in [0.25, 0.3) is 0 Å². The quantitative estimate of drug-likeness (QED) is 0.0475. The summed E-state index contributed by atoms with van der Waals surface area (Å²) >= 11 is 0. The molecule has 0 N–H and O–H groups in total. The van der Waals surface area contributed by atoms with E-state index in [1.54, 1.807) is 0 Å². The summed E-state index contributed by atoms with van der Waals surface area (Å²) in [6.07, 6.45) is 12.5. The van der Waals surface area contributed by atoms with E-state index in [1.807, 2.05) is 109 Å². The Kier molecular flexibility index (Phi) is 13.1. The van der Waals surface area contributed by atoms with Crippen LogP contribution in [0.4, 0.5) is 11.4 Å². The minimum Gasteiger partial charge on any atom is -0.494 e. The summed E-state index contributed by atoms with van der Waals surface area (Å²) in [5.74, 6) is 3.47. The Balaban J connectivity index is 0.754. The van der Waals surface area contributed by atoms with Gasteiger partial charge in [-0.3, -0.25) is 9.98 Å². The highest BCUT2D eigenvalue weighted by molar-refractivity contribution is 5.82. The Labute approximate surface area is 289 Å². The largest absolute Gasteiger partial charge is 0.494 e. The lowest BCUT2D eigenvalue weighted by atomic mass is 10.1. The summed E-state index contributed by atoms with van der Waals surface area (Å²) < 4.78 is 33.6. The second-order valence-electron chi connectivity index (χ2n) is 12.3. The highest BCUT2D eigenvalue weighted by Crippen LogP contribution is 2.22. The average molecular weight is 663 g/mol. The van der Waals surface area contributed by atoms with Crippen LogP contribution >= 0.6 is 0 Å². The van der Waals surface area contributed by atoms with E-state index in [-0.39, 0.29) is 12.2 Å². The van der Waals surface area contributed by atoms with E-state index in [9.17, 15) is 0 Å². The Hall–Kier alpha value is -4.66. The minimum atomic E-state index is 0.256. The van der Waals surface area contributed by atoms with E-state index in [0.29, 0.717) is 13.2 Å². The molecule has 0 amide bonds. The number of benzene rings is 4. The number of hydrogen-bond acceptors (Lipinski definition) is 8. The van der Waals surface area contributed by atoms with Gasteiger partial charge in [0.2, 0.25) is 0 Å². The molecule has 0 bridgehead atoms. The van der Waals surface area contributed by atoms with E-state index in [4.69, 9.17) is 28.4 Å². The molecule has 2 heterocycles. The van der Waals surface area contributed by atoms with Crippen molar-refractivity contribution < 1.29 is 28.4 Å². The van der Waals surface area contributed by atoms with Crippen molar-refractivity contribution in [2.75, 3.05) is 39.6 Å². The fraction of sp³-hybridized carbons (Fsp3) is 0.366. The maximum atomic E-state index is 5.94. The predicted molar refractivity (Wildman–Crippen MR) is 194 cm³/mol. The normalized spacial score (nSPS) is 16.6. The molecule has 2 saturated heterocycles. The van der Waals surface area contributed by atoms with Gasteiger partial charge in [0.1, 0.15) is 48.4 Å². The van der Waals surface area contributed by atoms with Crippen molar-refractivity contribution in [1.29, 1.82) is 0 Å². The van der Waals surface area contributed by atoms with Gasteiger partial charge in [0, 0.05) is 12.4 Å². The first-order chi connectivity index (χ1) is 24.2. The molecule has 2 unspecified atom stereocenters. The number of nitrogens with zero attached hydrogens (tertiary/aromatic N) is 2. The van der Waals surface area contributed by atoms with Gasteiger partial charge in [0.15, 0.2) is 0 Å². The summed E-state index contributed by atoms with van der Waals surface area (Å²) in [6.45, 7) is 4.30. The van der Waals surface area contributed by atoms with Crippen molar-refractivity contribution in [2.24, 2.45) is 9.98 Å². The van der Waals surface area contributed by atoms with Crippen molar-refractivity contribution >= 4 is 23.8 Å². The van der Waals surface area contributed by atoms with Crippen LogP contribution in [-0.2, 0) is 9.47 Å². The maximum Gasteiger partial charge on any atom is 0.119 e. The molecule has 49 heavy (non-hydrogen) atoms. The molecular formula is C41H46N2O6. The van der Waals surface area contributed by atoms with Crippen LogP contribution < -0.4 is 18.9 Å². The van der Waals surface area contributed by atoms with Gasteiger partial charge in [-0.25, -0.2) is 0 Å².